The molecule has 0 aromatic heterocycles. The Bertz CT molecular complexity index is 596. The zero-order valence-corrected chi connectivity index (χ0v) is 11.8. The number of aryl methyl sites for hydroxylation is 1. The first-order valence-electron chi connectivity index (χ1n) is 5.82. The maximum atomic E-state index is 13.6. The molecular formula is C15H12BrF3. The van der Waals surface area contributed by atoms with Crippen LogP contribution in [-0.2, 0) is 6.42 Å². The average Bonchev–Trinajstić information content (AvgIpc) is 2.38. The van der Waals surface area contributed by atoms with Crippen molar-refractivity contribution < 1.29 is 13.2 Å². The normalized spacial score (nSPS) is 12.5. The van der Waals surface area contributed by atoms with Crippen molar-refractivity contribution in [2.24, 2.45) is 0 Å². The van der Waals surface area contributed by atoms with Gasteiger partial charge in [0.1, 0.15) is 5.82 Å². The van der Waals surface area contributed by atoms with E-state index >= 15 is 0 Å². The van der Waals surface area contributed by atoms with Crippen LogP contribution < -0.4 is 0 Å². The van der Waals surface area contributed by atoms with Crippen molar-refractivity contribution in [1.82, 2.24) is 0 Å². The third-order valence-electron chi connectivity index (χ3n) is 3.01. The molecule has 2 aromatic rings. The van der Waals surface area contributed by atoms with Gasteiger partial charge < -0.3 is 0 Å². The summed E-state index contributed by atoms with van der Waals surface area (Å²) in [6, 6.07) is 8.52. The Hall–Kier alpha value is -1.29. The van der Waals surface area contributed by atoms with Crippen LogP contribution in [0.1, 0.15) is 21.5 Å². The van der Waals surface area contributed by atoms with Crippen molar-refractivity contribution in [2.75, 3.05) is 0 Å². The Labute approximate surface area is 118 Å². The van der Waals surface area contributed by atoms with Crippen molar-refractivity contribution in [3.05, 3.63) is 70.5 Å². The summed E-state index contributed by atoms with van der Waals surface area (Å²) >= 11 is 3.41. The Kier molecular flexibility index (Phi) is 4.30. The largest absolute Gasteiger partial charge is 0.207 e. The van der Waals surface area contributed by atoms with E-state index in [0.29, 0.717) is 0 Å². The molecule has 0 saturated heterocycles. The first kappa shape index (κ1) is 14.1. The molecule has 4 heteroatoms. The fraction of sp³-hybridized carbons (Fsp3) is 0.200. The van der Waals surface area contributed by atoms with Crippen LogP contribution in [-0.4, -0.2) is 0 Å². The lowest BCUT2D eigenvalue weighted by Gasteiger charge is -2.14. The van der Waals surface area contributed by atoms with E-state index in [1.165, 1.54) is 24.3 Å². The van der Waals surface area contributed by atoms with Crippen molar-refractivity contribution in [3.8, 4) is 0 Å². The summed E-state index contributed by atoms with van der Waals surface area (Å²) in [4.78, 5) is -0.264. The highest BCUT2D eigenvalue weighted by atomic mass is 79.9. The van der Waals surface area contributed by atoms with Gasteiger partial charge in [0.15, 0.2) is 11.6 Å². The number of halogens is 4. The second-order valence-corrected chi connectivity index (χ2v) is 5.49. The average molecular weight is 329 g/mol. The molecule has 0 aliphatic carbocycles. The second-order valence-electron chi connectivity index (χ2n) is 4.39. The number of hydrogen-bond donors (Lipinski definition) is 0. The van der Waals surface area contributed by atoms with E-state index in [1.54, 1.807) is 6.07 Å². The first-order valence-corrected chi connectivity index (χ1v) is 6.73. The molecule has 0 saturated carbocycles. The van der Waals surface area contributed by atoms with Crippen molar-refractivity contribution in [3.63, 3.8) is 0 Å². The molecule has 0 aliphatic rings. The van der Waals surface area contributed by atoms with Crippen LogP contribution >= 0.6 is 15.9 Å². The van der Waals surface area contributed by atoms with Crippen LogP contribution in [0.4, 0.5) is 13.2 Å². The van der Waals surface area contributed by atoms with E-state index in [2.05, 4.69) is 15.9 Å². The number of alkyl halides is 1. The summed E-state index contributed by atoms with van der Waals surface area (Å²) in [5.74, 6) is -2.06. The summed E-state index contributed by atoms with van der Waals surface area (Å²) in [6.45, 7) is 1.85. The molecule has 0 amide bonds. The zero-order chi connectivity index (χ0) is 14.0. The number of hydrogen-bond acceptors (Lipinski definition) is 0. The molecule has 0 nitrogen and oxygen atoms in total. The van der Waals surface area contributed by atoms with Gasteiger partial charge in [-0.15, -0.1) is 0 Å². The van der Waals surface area contributed by atoms with Gasteiger partial charge in [0.05, 0.1) is 0 Å². The summed E-state index contributed by atoms with van der Waals surface area (Å²) in [5, 5.41) is 0. The summed E-state index contributed by atoms with van der Waals surface area (Å²) in [6.07, 6.45) is 0.258. The van der Waals surface area contributed by atoms with Gasteiger partial charge in [0, 0.05) is 4.83 Å². The van der Waals surface area contributed by atoms with Crippen LogP contribution in [0.25, 0.3) is 0 Å². The third kappa shape index (κ3) is 3.18. The van der Waals surface area contributed by atoms with E-state index in [0.717, 1.165) is 17.2 Å². The molecule has 1 atom stereocenters. The highest BCUT2D eigenvalue weighted by molar-refractivity contribution is 9.09. The van der Waals surface area contributed by atoms with Gasteiger partial charge >= 0.3 is 0 Å². The maximum Gasteiger partial charge on any atom is 0.162 e. The van der Waals surface area contributed by atoms with Gasteiger partial charge in [0.2, 0.25) is 0 Å². The number of rotatable bonds is 3. The predicted molar refractivity (Wildman–Crippen MR) is 72.9 cm³/mol. The van der Waals surface area contributed by atoms with Gasteiger partial charge in [-0.2, -0.15) is 0 Å². The molecule has 0 spiro atoms. The van der Waals surface area contributed by atoms with Gasteiger partial charge in [-0.1, -0.05) is 34.1 Å². The van der Waals surface area contributed by atoms with Crippen LogP contribution in [0.15, 0.2) is 36.4 Å². The van der Waals surface area contributed by atoms with Crippen LogP contribution in [0, 0.1) is 24.4 Å². The minimum atomic E-state index is -0.867. The van der Waals surface area contributed by atoms with E-state index < -0.39 is 11.6 Å². The predicted octanol–water partition coefficient (Wildman–Crippen LogP) is 5.09. The second kappa shape index (κ2) is 5.78. The molecule has 1 unspecified atom stereocenters. The van der Waals surface area contributed by atoms with Gasteiger partial charge in [0.25, 0.3) is 0 Å². The Morgan fingerprint density at radius 1 is 1.11 bits per heavy atom. The SMILES string of the molecule is Cc1ccc(F)cc1C(Br)Cc1cccc(F)c1F. The highest BCUT2D eigenvalue weighted by Crippen LogP contribution is 2.31. The summed E-state index contributed by atoms with van der Waals surface area (Å²) in [5.41, 5.74) is 1.91. The van der Waals surface area contributed by atoms with Crippen LogP contribution in [0.5, 0.6) is 0 Å². The summed E-state index contributed by atoms with van der Waals surface area (Å²) in [7, 11) is 0. The van der Waals surface area contributed by atoms with Gasteiger partial charge in [-0.05, 0) is 48.2 Å². The molecular weight excluding hydrogens is 317 g/mol. The molecule has 0 bridgehead atoms. The molecule has 0 aliphatic heterocycles. The lowest BCUT2D eigenvalue weighted by Crippen LogP contribution is -2.02. The van der Waals surface area contributed by atoms with E-state index in [9.17, 15) is 13.2 Å². The Balaban J connectivity index is 2.28. The monoisotopic (exact) mass is 328 g/mol. The minimum Gasteiger partial charge on any atom is -0.207 e. The topological polar surface area (TPSA) is 0 Å². The fourth-order valence-corrected chi connectivity index (χ4v) is 2.80. The molecule has 0 heterocycles. The molecule has 2 rings (SSSR count). The van der Waals surface area contributed by atoms with E-state index in [4.69, 9.17) is 0 Å². The molecule has 0 N–H and O–H groups in total. The summed E-state index contributed by atoms with van der Waals surface area (Å²) < 4.78 is 39.9. The molecule has 19 heavy (non-hydrogen) atoms. The van der Waals surface area contributed by atoms with Crippen LogP contribution in [0.3, 0.4) is 0 Å². The van der Waals surface area contributed by atoms with Gasteiger partial charge in [-0.25, -0.2) is 13.2 Å². The van der Waals surface area contributed by atoms with Crippen molar-refractivity contribution in [2.45, 2.75) is 18.2 Å². The molecule has 0 radical (unpaired) electrons. The number of benzene rings is 2. The zero-order valence-electron chi connectivity index (χ0n) is 10.3. The van der Waals surface area contributed by atoms with Gasteiger partial charge in [-0.3, -0.25) is 0 Å². The minimum absolute atomic E-state index is 0.258. The lowest BCUT2D eigenvalue weighted by molar-refractivity contribution is 0.498. The molecule has 100 valence electrons. The van der Waals surface area contributed by atoms with E-state index in [1.807, 2.05) is 6.92 Å². The molecule has 2 aromatic carbocycles. The fourth-order valence-electron chi connectivity index (χ4n) is 1.96. The van der Waals surface area contributed by atoms with E-state index in [-0.39, 0.29) is 22.6 Å². The third-order valence-corrected chi connectivity index (χ3v) is 3.83. The Morgan fingerprint density at radius 3 is 2.58 bits per heavy atom. The lowest BCUT2D eigenvalue weighted by atomic mass is 10.00. The smallest absolute Gasteiger partial charge is 0.162 e. The molecule has 0 fully saturated rings. The van der Waals surface area contributed by atoms with Crippen molar-refractivity contribution in [1.29, 1.82) is 0 Å². The maximum absolute atomic E-state index is 13.6. The highest BCUT2D eigenvalue weighted by Gasteiger charge is 2.16. The Morgan fingerprint density at radius 2 is 1.84 bits per heavy atom. The standard InChI is InChI=1S/C15H12BrF3/c1-9-5-6-11(17)8-12(9)13(16)7-10-3-2-4-14(18)15(10)19/h2-6,8,13H,7H2,1H3. The quantitative estimate of drug-likeness (QED) is 0.688. The van der Waals surface area contributed by atoms with Crippen LogP contribution in [0.2, 0.25) is 0 Å². The van der Waals surface area contributed by atoms with Crippen molar-refractivity contribution >= 4 is 15.9 Å². The first-order chi connectivity index (χ1) is 8.99.